The van der Waals surface area contributed by atoms with E-state index < -0.39 is 0 Å². The van der Waals surface area contributed by atoms with Gasteiger partial charge in [-0.3, -0.25) is 0 Å². The molecule has 18 heavy (non-hydrogen) atoms. The van der Waals surface area contributed by atoms with E-state index in [4.69, 9.17) is 10.5 Å². The third-order valence-electron chi connectivity index (χ3n) is 3.08. The molecule has 0 saturated heterocycles. The van der Waals surface area contributed by atoms with E-state index in [1.807, 2.05) is 6.07 Å². The van der Waals surface area contributed by atoms with E-state index in [0.29, 0.717) is 24.6 Å². The first kappa shape index (κ1) is 15.1. The van der Waals surface area contributed by atoms with Crippen molar-refractivity contribution in [3.05, 3.63) is 35.6 Å². The van der Waals surface area contributed by atoms with Crippen LogP contribution in [0.2, 0.25) is 0 Å². The summed E-state index contributed by atoms with van der Waals surface area (Å²) in [5.41, 5.74) is 6.42. The lowest BCUT2D eigenvalue weighted by Crippen LogP contribution is -2.16. The zero-order chi connectivity index (χ0) is 13.4. The summed E-state index contributed by atoms with van der Waals surface area (Å²) in [5, 5.41) is 0. The molecule has 0 radical (unpaired) electrons. The minimum Gasteiger partial charge on any atom is -0.381 e. The first-order valence-electron chi connectivity index (χ1n) is 6.67. The number of hydrogen-bond acceptors (Lipinski definition) is 2. The maximum Gasteiger partial charge on any atom is 0.126 e. The van der Waals surface area contributed by atoms with Crippen LogP contribution in [0.5, 0.6) is 0 Å². The van der Waals surface area contributed by atoms with E-state index in [0.717, 1.165) is 19.4 Å². The fourth-order valence-corrected chi connectivity index (χ4v) is 1.85. The van der Waals surface area contributed by atoms with Gasteiger partial charge in [0.2, 0.25) is 0 Å². The van der Waals surface area contributed by atoms with Gasteiger partial charge in [0.25, 0.3) is 0 Å². The monoisotopic (exact) mass is 253 g/mol. The van der Waals surface area contributed by atoms with Gasteiger partial charge in [0, 0.05) is 19.1 Å². The molecule has 0 fully saturated rings. The van der Waals surface area contributed by atoms with Crippen molar-refractivity contribution in [2.75, 3.05) is 19.8 Å². The molecule has 0 bridgehead atoms. The summed E-state index contributed by atoms with van der Waals surface area (Å²) < 4.78 is 19.2. The molecule has 1 aromatic carbocycles. The first-order valence-corrected chi connectivity index (χ1v) is 6.67. The average Bonchev–Trinajstić information content (AvgIpc) is 2.35. The zero-order valence-electron chi connectivity index (χ0n) is 11.4. The molecule has 0 aliphatic carbocycles. The number of rotatable bonds is 8. The highest BCUT2D eigenvalue weighted by Gasteiger charge is 2.13. The Morgan fingerprint density at radius 2 is 1.83 bits per heavy atom. The maximum absolute atomic E-state index is 13.6. The van der Waals surface area contributed by atoms with Crippen LogP contribution in [0.15, 0.2) is 24.3 Å². The Morgan fingerprint density at radius 3 is 2.44 bits per heavy atom. The Hall–Kier alpha value is -0.930. The van der Waals surface area contributed by atoms with Crippen LogP contribution in [0.3, 0.4) is 0 Å². The Morgan fingerprint density at radius 1 is 1.17 bits per heavy atom. The van der Waals surface area contributed by atoms with Gasteiger partial charge >= 0.3 is 0 Å². The maximum atomic E-state index is 13.6. The van der Waals surface area contributed by atoms with Crippen molar-refractivity contribution >= 4 is 0 Å². The van der Waals surface area contributed by atoms with Gasteiger partial charge < -0.3 is 10.5 Å². The lowest BCUT2D eigenvalue weighted by molar-refractivity contribution is 0.117. The van der Waals surface area contributed by atoms with E-state index in [1.165, 1.54) is 6.07 Å². The quantitative estimate of drug-likeness (QED) is 0.721. The SMILES string of the molecule is CC(C)CCOCCC(CN)c1ccccc1F. The second kappa shape index (κ2) is 8.22. The number of nitrogens with two attached hydrogens (primary N) is 1. The predicted molar refractivity (Wildman–Crippen MR) is 73.1 cm³/mol. The smallest absolute Gasteiger partial charge is 0.126 e. The Bertz CT molecular complexity index is 341. The van der Waals surface area contributed by atoms with E-state index in [1.54, 1.807) is 12.1 Å². The standard InChI is InChI=1S/C15H24FNO/c1-12(2)7-9-18-10-8-13(11-17)14-5-3-4-6-15(14)16/h3-6,12-13H,7-11,17H2,1-2H3. The molecule has 0 aromatic heterocycles. The van der Waals surface area contributed by atoms with Crippen LogP contribution in [0, 0.1) is 11.7 Å². The topological polar surface area (TPSA) is 35.2 Å². The van der Waals surface area contributed by atoms with Crippen LogP contribution in [-0.2, 0) is 4.74 Å². The Kier molecular flexibility index (Phi) is 6.91. The normalized spacial score (nSPS) is 12.9. The van der Waals surface area contributed by atoms with Crippen molar-refractivity contribution in [1.29, 1.82) is 0 Å². The molecular formula is C15H24FNO. The van der Waals surface area contributed by atoms with Gasteiger partial charge in [0.1, 0.15) is 5.82 Å². The van der Waals surface area contributed by atoms with E-state index in [2.05, 4.69) is 13.8 Å². The van der Waals surface area contributed by atoms with Crippen molar-refractivity contribution in [2.24, 2.45) is 11.7 Å². The van der Waals surface area contributed by atoms with Gasteiger partial charge in [-0.15, -0.1) is 0 Å². The van der Waals surface area contributed by atoms with Crippen LogP contribution in [0.4, 0.5) is 4.39 Å². The molecule has 1 aromatic rings. The predicted octanol–water partition coefficient (Wildman–Crippen LogP) is 3.32. The zero-order valence-corrected chi connectivity index (χ0v) is 11.4. The summed E-state index contributed by atoms with van der Waals surface area (Å²) in [7, 11) is 0. The summed E-state index contributed by atoms with van der Waals surface area (Å²) in [6.45, 7) is 6.21. The molecule has 2 nitrogen and oxygen atoms in total. The molecule has 0 spiro atoms. The minimum atomic E-state index is -0.171. The number of hydrogen-bond donors (Lipinski definition) is 1. The third-order valence-corrected chi connectivity index (χ3v) is 3.08. The highest BCUT2D eigenvalue weighted by molar-refractivity contribution is 5.21. The highest BCUT2D eigenvalue weighted by atomic mass is 19.1. The highest BCUT2D eigenvalue weighted by Crippen LogP contribution is 2.21. The molecule has 0 aliphatic rings. The van der Waals surface area contributed by atoms with Gasteiger partial charge in [-0.25, -0.2) is 4.39 Å². The summed E-state index contributed by atoms with van der Waals surface area (Å²) in [6.07, 6.45) is 1.84. The van der Waals surface area contributed by atoms with E-state index in [-0.39, 0.29) is 11.7 Å². The second-order valence-electron chi connectivity index (χ2n) is 5.04. The van der Waals surface area contributed by atoms with Gasteiger partial charge in [-0.05, 0) is 36.9 Å². The molecule has 0 heterocycles. The van der Waals surface area contributed by atoms with Crippen LogP contribution in [0.1, 0.15) is 38.2 Å². The van der Waals surface area contributed by atoms with Crippen molar-refractivity contribution < 1.29 is 9.13 Å². The molecule has 3 heteroatoms. The van der Waals surface area contributed by atoms with Gasteiger partial charge in [0.05, 0.1) is 0 Å². The van der Waals surface area contributed by atoms with Crippen LogP contribution < -0.4 is 5.73 Å². The first-order chi connectivity index (χ1) is 8.65. The van der Waals surface area contributed by atoms with E-state index >= 15 is 0 Å². The molecule has 0 amide bonds. The largest absolute Gasteiger partial charge is 0.381 e. The van der Waals surface area contributed by atoms with Crippen molar-refractivity contribution in [3.63, 3.8) is 0 Å². The molecule has 1 unspecified atom stereocenters. The molecule has 0 saturated carbocycles. The summed E-state index contributed by atoms with van der Waals surface area (Å²) >= 11 is 0. The summed E-state index contributed by atoms with van der Waals surface area (Å²) in [4.78, 5) is 0. The molecule has 0 aliphatic heterocycles. The van der Waals surface area contributed by atoms with Crippen molar-refractivity contribution in [3.8, 4) is 0 Å². The van der Waals surface area contributed by atoms with Crippen LogP contribution in [0.25, 0.3) is 0 Å². The van der Waals surface area contributed by atoms with Crippen LogP contribution in [-0.4, -0.2) is 19.8 Å². The number of ether oxygens (including phenoxy) is 1. The Labute approximate surface area is 109 Å². The van der Waals surface area contributed by atoms with Crippen LogP contribution >= 0.6 is 0 Å². The fourth-order valence-electron chi connectivity index (χ4n) is 1.85. The summed E-state index contributed by atoms with van der Waals surface area (Å²) in [6, 6.07) is 6.84. The molecule has 102 valence electrons. The second-order valence-corrected chi connectivity index (χ2v) is 5.04. The molecule has 1 rings (SSSR count). The average molecular weight is 253 g/mol. The number of benzene rings is 1. The van der Waals surface area contributed by atoms with Crippen molar-refractivity contribution in [2.45, 2.75) is 32.6 Å². The lowest BCUT2D eigenvalue weighted by Gasteiger charge is -2.16. The van der Waals surface area contributed by atoms with Gasteiger partial charge in [0.15, 0.2) is 0 Å². The van der Waals surface area contributed by atoms with Gasteiger partial charge in [-0.1, -0.05) is 32.0 Å². The Balaban J connectivity index is 2.36. The van der Waals surface area contributed by atoms with E-state index in [9.17, 15) is 4.39 Å². The van der Waals surface area contributed by atoms with Gasteiger partial charge in [-0.2, -0.15) is 0 Å². The molecule has 2 N–H and O–H groups in total. The lowest BCUT2D eigenvalue weighted by atomic mass is 9.96. The van der Waals surface area contributed by atoms with Crippen molar-refractivity contribution in [1.82, 2.24) is 0 Å². The fraction of sp³-hybridized carbons (Fsp3) is 0.600. The number of halogens is 1. The third kappa shape index (κ3) is 5.15. The summed E-state index contributed by atoms with van der Waals surface area (Å²) in [5.74, 6) is 0.530. The minimum absolute atomic E-state index is 0.0465. The molecular weight excluding hydrogens is 229 g/mol. The molecule has 1 atom stereocenters.